The summed E-state index contributed by atoms with van der Waals surface area (Å²) < 4.78 is 0. The lowest BCUT2D eigenvalue weighted by Gasteiger charge is -2.28. The Labute approximate surface area is 150 Å². The van der Waals surface area contributed by atoms with Gasteiger partial charge >= 0.3 is 0 Å². The lowest BCUT2D eigenvalue weighted by Crippen LogP contribution is -2.35. The molecular formula is C16H23N5OS2. The fourth-order valence-electron chi connectivity index (χ4n) is 2.67. The number of aryl methyl sites for hydroxylation is 1. The minimum absolute atomic E-state index is 0.199. The fourth-order valence-corrected chi connectivity index (χ4v) is 4.35. The average Bonchev–Trinajstić information content (AvgIpc) is 2.96. The van der Waals surface area contributed by atoms with Crippen LogP contribution in [0.25, 0.3) is 10.9 Å². The van der Waals surface area contributed by atoms with Crippen LogP contribution in [0.4, 0.5) is 5.82 Å². The molecule has 0 atom stereocenters. The number of thioether (sulfide) groups is 1. The van der Waals surface area contributed by atoms with Crippen LogP contribution in [0.1, 0.15) is 15.5 Å². The van der Waals surface area contributed by atoms with Gasteiger partial charge in [-0.15, -0.1) is 11.3 Å². The summed E-state index contributed by atoms with van der Waals surface area (Å²) in [5, 5.41) is 6.02. The monoisotopic (exact) mass is 365 g/mol. The van der Waals surface area contributed by atoms with E-state index in [0.717, 1.165) is 47.9 Å². The van der Waals surface area contributed by atoms with Gasteiger partial charge < -0.3 is 15.1 Å². The molecule has 0 saturated carbocycles. The van der Waals surface area contributed by atoms with Crippen LogP contribution < -0.4 is 10.2 Å². The van der Waals surface area contributed by atoms with E-state index in [1.807, 2.05) is 36.1 Å². The molecule has 1 fully saturated rings. The van der Waals surface area contributed by atoms with E-state index in [1.54, 1.807) is 11.3 Å². The molecule has 1 aliphatic rings. The van der Waals surface area contributed by atoms with Crippen molar-refractivity contribution in [2.45, 2.75) is 6.92 Å². The fraction of sp³-hybridized carbons (Fsp3) is 0.562. The molecule has 3 rings (SSSR count). The summed E-state index contributed by atoms with van der Waals surface area (Å²) in [6, 6.07) is 0. The van der Waals surface area contributed by atoms with Crippen molar-refractivity contribution in [3.8, 4) is 0 Å². The van der Waals surface area contributed by atoms with Crippen molar-refractivity contribution in [1.29, 1.82) is 0 Å². The van der Waals surface area contributed by atoms with Gasteiger partial charge in [0, 0.05) is 47.9 Å². The second-order valence-electron chi connectivity index (χ2n) is 6.08. The summed E-state index contributed by atoms with van der Waals surface area (Å²) in [5.41, 5.74) is 0.874. The van der Waals surface area contributed by atoms with Gasteiger partial charge in [-0.3, -0.25) is 4.79 Å². The van der Waals surface area contributed by atoms with E-state index >= 15 is 0 Å². The highest BCUT2D eigenvalue weighted by atomic mass is 32.2. The molecule has 2 aromatic rings. The molecule has 1 aliphatic heterocycles. The second kappa shape index (κ2) is 7.67. The van der Waals surface area contributed by atoms with Crippen LogP contribution in [-0.4, -0.2) is 72.6 Å². The summed E-state index contributed by atoms with van der Waals surface area (Å²) >= 11 is 3.63. The Kier molecular flexibility index (Phi) is 5.57. The minimum atomic E-state index is -0.199. The number of fused-ring (bicyclic) bond motifs is 1. The maximum absolute atomic E-state index is 12.4. The number of nitrogens with one attached hydrogen (secondary N) is 1. The Balaban J connectivity index is 1.90. The number of hydrogen-bond donors (Lipinski definition) is 1. The highest BCUT2D eigenvalue weighted by Gasteiger charge is 2.21. The topological polar surface area (TPSA) is 61.4 Å². The number of nitrogens with zero attached hydrogens (tertiary/aromatic N) is 4. The van der Waals surface area contributed by atoms with Gasteiger partial charge in [-0.1, -0.05) is 0 Å². The lowest BCUT2D eigenvalue weighted by molar-refractivity contribution is 0.0941. The molecule has 130 valence electrons. The van der Waals surface area contributed by atoms with Crippen LogP contribution in [0.5, 0.6) is 0 Å². The van der Waals surface area contributed by atoms with Crippen LogP contribution in [0.15, 0.2) is 5.38 Å². The first kappa shape index (κ1) is 17.4. The summed E-state index contributed by atoms with van der Waals surface area (Å²) in [6.45, 7) is 5.41. The standard InChI is InChI=1S/C16H23N5OS2/c1-11-13-12(10-24-11)18-14(16(22)17-4-5-20(2)3)19-15(13)21-6-8-23-9-7-21/h10H,4-9H2,1-3H3,(H,17,22). The van der Waals surface area contributed by atoms with Crippen molar-refractivity contribution in [2.24, 2.45) is 0 Å². The zero-order valence-electron chi connectivity index (χ0n) is 14.3. The Morgan fingerprint density at radius 3 is 2.79 bits per heavy atom. The number of carbonyl (C=O) groups is 1. The van der Waals surface area contributed by atoms with Gasteiger partial charge in [-0.2, -0.15) is 11.8 Å². The van der Waals surface area contributed by atoms with Crippen LogP contribution in [0, 0.1) is 6.92 Å². The Morgan fingerprint density at radius 1 is 1.33 bits per heavy atom. The molecule has 1 saturated heterocycles. The molecule has 0 aliphatic carbocycles. The number of carbonyl (C=O) groups excluding carboxylic acids is 1. The van der Waals surface area contributed by atoms with Crippen molar-refractivity contribution in [1.82, 2.24) is 20.2 Å². The number of thiophene rings is 1. The largest absolute Gasteiger partial charge is 0.354 e. The van der Waals surface area contributed by atoms with Crippen LogP contribution in [-0.2, 0) is 0 Å². The second-order valence-corrected chi connectivity index (χ2v) is 8.39. The van der Waals surface area contributed by atoms with E-state index in [2.05, 4.69) is 27.1 Å². The predicted molar refractivity (Wildman–Crippen MR) is 103 cm³/mol. The van der Waals surface area contributed by atoms with Gasteiger partial charge in [0.05, 0.1) is 10.9 Å². The van der Waals surface area contributed by atoms with Crippen molar-refractivity contribution in [2.75, 3.05) is 56.7 Å². The van der Waals surface area contributed by atoms with Gasteiger partial charge in [0.2, 0.25) is 5.82 Å². The van der Waals surface area contributed by atoms with E-state index < -0.39 is 0 Å². The lowest BCUT2D eigenvalue weighted by atomic mass is 10.2. The molecule has 8 heteroatoms. The summed E-state index contributed by atoms with van der Waals surface area (Å²) in [5.74, 6) is 3.18. The molecule has 0 bridgehead atoms. The number of aromatic nitrogens is 2. The Morgan fingerprint density at radius 2 is 2.08 bits per heavy atom. The molecule has 1 N–H and O–H groups in total. The van der Waals surface area contributed by atoms with Crippen molar-refractivity contribution >= 4 is 45.7 Å². The summed E-state index contributed by atoms with van der Waals surface area (Å²) in [4.78, 5) is 27.1. The smallest absolute Gasteiger partial charge is 0.289 e. The van der Waals surface area contributed by atoms with Crippen LogP contribution in [0.3, 0.4) is 0 Å². The van der Waals surface area contributed by atoms with Gasteiger partial charge in [0.15, 0.2) is 0 Å². The number of anilines is 1. The third-order valence-electron chi connectivity index (χ3n) is 3.98. The molecule has 0 radical (unpaired) electrons. The summed E-state index contributed by atoms with van der Waals surface area (Å²) in [7, 11) is 3.96. The number of amides is 1. The van der Waals surface area contributed by atoms with Crippen molar-refractivity contribution in [3.05, 3.63) is 16.1 Å². The average molecular weight is 366 g/mol. The molecule has 0 unspecified atom stereocenters. The zero-order chi connectivity index (χ0) is 17.1. The highest BCUT2D eigenvalue weighted by Crippen LogP contribution is 2.32. The molecule has 3 heterocycles. The maximum atomic E-state index is 12.4. The molecule has 6 nitrogen and oxygen atoms in total. The third-order valence-corrected chi connectivity index (χ3v) is 5.82. The van der Waals surface area contributed by atoms with Crippen LogP contribution >= 0.6 is 23.1 Å². The van der Waals surface area contributed by atoms with Crippen LogP contribution in [0.2, 0.25) is 0 Å². The van der Waals surface area contributed by atoms with E-state index in [4.69, 9.17) is 0 Å². The van der Waals surface area contributed by atoms with Gasteiger partial charge in [0.25, 0.3) is 5.91 Å². The van der Waals surface area contributed by atoms with Crippen molar-refractivity contribution in [3.63, 3.8) is 0 Å². The minimum Gasteiger partial charge on any atom is -0.354 e. The first-order chi connectivity index (χ1) is 11.6. The Bertz CT molecular complexity index is 725. The zero-order valence-corrected chi connectivity index (χ0v) is 16.0. The molecule has 2 aromatic heterocycles. The molecule has 0 aromatic carbocycles. The normalized spacial score (nSPS) is 15.2. The number of likely N-dealkylation sites (N-methyl/N-ethyl adjacent to an activating group) is 1. The molecular weight excluding hydrogens is 342 g/mol. The van der Waals surface area contributed by atoms with E-state index in [0.29, 0.717) is 6.54 Å². The van der Waals surface area contributed by atoms with E-state index in [-0.39, 0.29) is 11.7 Å². The maximum Gasteiger partial charge on any atom is 0.289 e. The van der Waals surface area contributed by atoms with E-state index in [1.165, 1.54) is 4.88 Å². The first-order valence-electron chi connectivity index (χ1n) is 8.07. The molecule has 24 heavy (non-hydrogen) atoms. The highest BCUT2D eigenvalue weighted by molar-refractivity contribution is 7.99. The van der Waals surface area contributed by atoms with E-state index in [9.17, 15) is 4.79 Å². The quantitative estimate of drug-likeness (QED) is 0.872. The molecule has 1 amide bonds. The number of hydrogen-bond acceptors (Lipinski definition) is 7. The van der Waals surface area contributed by atoms with Gasteiger partial charge in [0.1, 0.15) is 5.82 Å². The van der Waals surface area contributed by atoms with Gasteiger partial charge in [-0.05, 0) is 21.0 Å². The first-order valence-corrected chi connectivity index (χ1v) is 10.1. The van der Waals surface area contributed by atoms with Gasteiger partial charge in [-0.25, -0.2) is 9.97 Å². The Hall–Kier alpha value is -1.38. The SMILES string of the molecule is Cc1scc2nc(C(=O)NCCN(C)C)nc(N3CCSCC3)c12. The predicted octanol–water partition coefficient (Wildman–Crippen LogP) is 1.84. The number of rotatable bonds is 5. The van der Waals surface area contributed by atoms with Crippen molar-refractivity contribution < 1.29 is 4.79 Å². The molecule has 0 spiro atoms. The summed E-state index contributed by atoms with van der Waals surface area (Å²) in [6.07, 6.45) is 0. The third kappa shape index (κ3) is 3.81.